The fourth-order valence-corrected chi connectivity index (χ4v) is 3.98. The first-order valence-electron chi connectivity index (χ1n) is 10.3. The second-order valence-electron chi connectivity index (χ2n) is 7.96. The summed E-state index contributed by atoms with van der Waals surface area (Å²) in [6.45, 7) is 7.59. The van der Waals surface area contributed by atoms with Crippen LogP contribution in [0, 0.1) is 12.3 Å². The minimum atomic E-state index is 0. The largest absolute Gasteiger partial charge is 0.382 e. The number of guanidine groups is 1. The number of halogens is 1. The molecular weight excluding hydrogens is 463 g/mol. The number of nitrogens with one attached hydrogen (secondary N) is 2. The van der Waals surface area contributed by atoms with E-state index in [1.807, 2.05) is 7.05 Å². The van der Waals surface area contributed by atoms with E-state index in [9.17, 15) is 0 Å². The number of hydrogen-bond donors (Lipinski definition) is 2. The fraction of sp³-hybridized carbons (Fsp3) is 0.682. The van der Waals surface area contributed by atoms with Crippen LogP contribution in [0.5, 0.6) is 0 Å². The van der Waals surface area contributed by atoms with E-state index in [1.165, 1.54) is 42.5 Å². The molecule has 0 heterocycles. The maximum absolute atomic E-state index is 5.63. The predicted octanol–water partition coefficient (Wildman–Crippen LogP) is 4.33. The monoisotopic (exact) mass is 502 g/mol. The molecule has 1 fully saturated rings. The molecular formula is C22H39IN4O. The maximum Gasteiger partial charge on any atom is 0.191 e. The standard InChI is InChI=1S/C22H38N4O.HI/c1-6-27-14-13-22(11-7-8-12-22)17-25-21(23-3)24-16-19-10-9-18(2)15-20(19)26(4)5;/h9-10,15H,6-8,11-14,16-17H2,1-5H3,(H2,23,24,25);1H. The average molecular weight is 502 g/mol. The van der Waals surface area contributed by atoms with Crippen molar-refractivity contribution in [3.63, 3.8) is 0 Å². The molecule has 1 aromatic rings. The van der Waals surface area contributed by atoms with Gasteiger partial charge in [0.05, 0.1) is 0 Å². The van der Waals surface area contributed by atoms with E-state index in [-0.39, 0.29) is 24.0 Å². The Bertz CT molecular complexity index is 613. The molecule has 0 radical (unpaired) electrons. The first kappa shape index (κ1) is 25.0. The predicted molar refractivity (Wildman–Crippen MR) is 131 cm³/mol. The molecule has 1 saturated carbocycles. The van der Waals surface area contributed by atoms with Crippen molar-refractivity contribution < 1.29 is 4.74 Å². The lowest BCUT2D eigenvalue weighted by Gasteiger charge is -2.30. The first-order valence-corrected chi connectivity index (χ1v) is 10.3. The van der Waals surface area contributed by atoms with E-state index in [0.29, 0.717) is 5.41 Å². The van der Waals surface area contributed by atoms with Crippen molar-refractivity contribution in [1.82, 2.24) is 10.6 Å². The molecule has 160 valence electrons. The molecule has 0 unspecified atom stereocenters. The normalized spacial score (nSPS) is 15.8. The lowest BCUT2D eigenvalue weighted by Crippen LogP contribution is -2.43. The van der Waals surface area contributed by atoms with Gasteiger partial charge in [0.1, 0.15) is 0 Å². The van der Waals surface area contributed by atoms with Crippen LogP contribution < -0.4 is 15.5 Å². The number of aliphatic imine (C=N–C) groups is 1. The van der Waals surface area contributed by atoms with E-state index in [0.717, 1.165) is 38.7 Å². The SMILES string of the molecule is CCOCCC1(CNC(=NC)NCc2ccc(C)cc2N(C)C)CCCC1.I. The van der Waals surface area contributed by atoms with Crippen LogP contribution in [0.1, 0.15) is 50.2 Å². The number of hydrogen-bond acceptors (Lipinski definition) is 3. The molecule has 1 aromatic carbocycles. The molecule has 28 heavy (non-hydrogen) atoms. The Hall–Kier alpha value is -1.02. The van der Waals surface area contributed by atoms with Crippen molar-refractivity contribution in [3.8, 4) is 0 Å². The average Bonchev–Trinajstić information content (AvgIpc) is 3.12. The van der Waals surface area contributed by atoms with Gasteiger partial charge in [-0.2, -0.15) is 0 Å². The summed E-state index contributed by atoms with van der Waals surface area (Å²) in [5.41, 5.74) is 4.16. The Kier molecular flexibility index (Phi) is 11.2. The smallest absolute Gasteiger partial charge is 0.191 e. The zero-order valence-electron chi connectivity index (χ0n) is 18.3. The second kappa shape index (κ2) is 12.5. The van der Waals surface area contributed by atoms with Crippen molar-refractivity contribution in [2.75, 3.05) is 45.8 Å². The molecule has 0 atom stereocenters. The van der Waals surface area contributed by atoms with Gasteiger partial charge in [-0.3, -0.25) is 4.99 Å². The van der Waals surface area contributed by atoms with E-state index in [1.54, 1.807) is 0 Å². The minimum Gasteiger partial charge on any atom is -0.382 e. The molecule has 0 amide bonds. The Morgan fingerprint density at radius 3 is 2.54 bits per heavy atom. The van der Waals surface area contributed by atoms with E-state index < -0.39 is 0 Å². The molecule has 0 aliphatic heterocycles. The van der Waals surface area contributed by atoms with Crippen molar-refractivity contribution >= 4 is 35.6 Å². The van der Waals surface area contributed by atoms with Gasteiger partial charge in [-0.1, -0.05) is 25.0 Å². The number of benzene rings is 1. The van der Waals surface area contributed by atoms with Gasteiger partial charge in [0, 0.05) is 53.1 Å². The Morgan fingerprint density at radius 1 is 1.21 bits per heavy atom. The van der Waals surface area contributed by atoms with Crippen molar-refractivity contribution in [1.29, 1.82) is 0 Å². The molecule has 0 aromatic heterocycles. The van der Waals surface area contributed by atoms with Gasteiger partial charge in [0.15, 0.2) is 5.96 Å². The van der Waals surface area contributed by atoms with Crippen LogP contribution in [-0.2, 0) is 11.3 Å². The number of ether oxygens (including phenoxy) is 1. The zero-order valence-corrected chi connectivity index (χ0v) is 20.6. The van der Waals surface area contributed by atoms with Crippen LogP contribution in [0.4, 0.5) is 5.69 Å². The highest BCUT2D eigenvalue weighted by molar-refractivity contribution is 14.0. The topological polar surface area (TPSA) is 48.9 Å². The summed E-state index contributed by atoms with van der Waals surface area (Å²) in [4.78, 5) is 6.60. The van der Waals surface area contributed by atoms with Gasteiger partial charge < -0.3 is 20.3 Å². The lowest BCUT2D eigenvalue weighted by molar-refractivity contribution is 0.105. The molecule has 0 bridgehead atoms. The van der Waals surface area contributed by atoms with Crippen LogP contribution >= 0.6 is 24.0 Å². The minimum absolute atomic E-state index is 0. The van der Waals surface area contributed by atoms with E-state index in [4.69, 9.17) is 4.74 Å². The zero-order chi connectivity index (χ0) is 19.7. The molecule has 5 nitrogen and oxygen atoms in total. The summed E-state index contributed by atoms with van der Waals surface area (Å²) in [6.07, 6.45) is 6.36. The first-order chi connectivity index (χ1) is 13.0. The molecule has 2 rings (SSSR count). The highest BCUT2D eigenvalue weighted by Gasteiger charge is 2.33. The summed E-state index contributed by atoms with van der Waals surface area (Å²) < 4.78 is 5.63. The van der Waals surface area contributed by atoms with Gasteiger partial charge in [-0.05, 0) is 55.7 Å². The highest BCUT2D eigenvalue weighted by Crippen LogP contribution is 2.40. The third-order valence-corrected chi connectivity index (χ3v) is 5.67. The molecule has 6 heteroatoms. The van der Waals surface area contributed by atoms with Gasteiger partial charge in [-0.25, -0.2) is 0 Å². The number of nitrogens with zero attached hydrogens (tertiary/aromatic N) is 2. The van der Waals surface area contributed by atoms with Crippen LogP contribution in [0.3, 0.4) is 0 Å². The summed E-state index contributed by atoms with van der Waals surface area (Å²) >= 11 is 0. The number of rotatable bonds is 9. The van der Waals surface area contributed by atoms with E-state index in [2.05, 4.69) is 66.7 Å². The van der Waals surface area contributed by atoms with Gasteiger partial charge in [0.2, 0.25) is 0 Å². The lowest BCUT2D eigenvalue weighted by atomic mass is 9.83. The van der Waals surface area contributed by atoms with E-state index >= 15 is 0 Å². The third kappa shape index (κ3) is 7.43. The van der Waals surface area contributed by atoms with Gasteiger partial charge in [-0.15, -0.1) is 24.0 Å². The van der Waals surface area contributed by atoms with Crippen molar-refractivity contribution in [3.05, 3.63) is 29.3 Å². The van der Waals surface area contributed by atoms with Crippen molar-refractivity contribution in [2.24, 2.45) is 10.4 Å². The highest BCUT2D eigenvalue weighted by atomic mass is 127. The van der Waals surface area contributed by atoms with Crippen molar-refractivity contribution in [2.45, 2.75) is 52.5 Å². The van der Waals surface area contributed by atoms with Crippen LogP contribution in [0.2, 0.25) is 0 Å². The number of anilines is 1. The number of aryl methyl sites for hydroxylation is 1. The molecule has 1 aliphatic carbocycles. The Labute approximate surface area is 188 Å². The molecule has 0 spiro atoms. The summed E-state index contributed by atoms with van der Waals surface area (Å²) in [6, 6.07) is 6.60. The van der Waals surface area contributed by atoms with Crippen LogP contribution in [0.15, 0.2) is 23.2 Å². The second-order valence-corrected chi connectivity index (χ2v) is 7.96. The molecule has 0 saturated heterocycles. The Morgan fingerprint density at radius 2 is 1.93 bits per heavy atom. The Balaban J connectivity index is 0.00000392. The van der Waals surface area contributed by atoms with Crippen LogP contribution in [0.25, 0.3) is 0 Å². The maximum atomic E-state index is 5.63. The third-order valence-electron chi connectivity index (χ3n) is 5.67. The van der Waals surface area contributed by atoms with Gasteiger partial charge >= 0.3 is 0 Å². The summed E-state index contributed by atoms with van der Waals surface area (Å²) in [5, 5.41) is 7.07. The van der Waals surface area contributed by atoms with Crippen LogP contribution in [-0.4, -0.2) is 46.9 Å². The molecule has 1 aliphatic rings. The summed E-state index contributed by atoms with van der Waals surface area (Å²) in [5.74, 6) is 0.878. The van der Waals surface area contributed by atoms with Gasteiger partial charge in [0.25, 0.3) is 0 Å². The quantitative estimate of drug-likeness (QED) is 0.229. The summed E-state index contributed by atoms with van der Waals surface area (Å²) in [7, 11) is 6.03. The molecule has 2 N–H and O–H groups in total. The fourth-order valence-electron chi connectivity index (χ4n) is 3.98.